The number of aliphatic hydroxyl groups excluding tert-OH is 1. The van der Waals surface area contributed by atoms with Crippen molar-refractivity contribution in [1.82, 2.24) is 4.90 Å². The second-order valence-electron chi connectivity index (χ2n) is 4.95. The summed E-state index contributed by atoms with van der Waals surface area (Å²) in [5.74, 6) is 0.116. The Hall–Kier alpha value is 0.0900. The monoisotopic (exact) mass is 393 g/mol. The summed E-state index contributed by atoms with van der Waals surface area (Å²) in [6.45, 7) is 0. The number of carbonyl (C=O) groups is 1. The van der Waals surface area contributed by atoms with Gasteiger partial charge in [-0.1, -0.05) is 0 Å². The van der Waals surface area contributed by atoms with E-state index in [-0.39, 0.29) is 24.1 Å². The maximum atomic E-state index is 12.5. The number of piperidine rings is 1. The van der Waals surface area contributed by atoms with Crippen LogP contribution in [0.5, 0.6) is 0 Å². The molecule has 3 nitrogen and oxygen atoms in total. The summed E-state index contributed by atoms with van der Waals surface area (Å²) in [7, 11) is 0. The lowest BCUT2D eigenvalue weighted by Gasteiger charge is -2.36. The lowest BCUT2D eigenvalue weighted by molar-refractivity contribution is 0.0290. The summed E-state index contributed by atoms with van der Waals surface area (Å²) in [5, 5.41) is 9.76. The third-order valence-corrected chi connectivity index (χ3v) is 7.04. The zero-order valence-corrected chi connectivity index (χ0v) is 13.6. The molecule has 0 spiro atoms. The molecule has 3 heterocycles. The van der Waals surface area contributed by atoms with Gasteiger partial charge in [0.2, 0.25) is 0 Å². The largest absolute Gasteiger partial charge is 0.393 e. The van der Waals surface area contributed by atoms with E-state index < -0.39 is 0 Å². The average Bonchev–Trinajstić information content (AvgIpc) is 2.78. The predicted octanol–water partition coefficient (Wildman–Crippen LogP) is 3.40. The highest BCUT2D eigenvalue weighted by Gasteiger charge is 2.43. The van der Waals surface area contributed by atoms with Gasteiger partial charge in [-0.05, 0) is 63.6 Å². The van der Waals surface area contributed by atoms with Gasteiger partial charge in [0.05, 0.1) is 14.8 Å². The molecule has 2 unspecified atom stereocenters. The molecule has 6 heteroatoms. The van der Waals surface area contributed by atoms with E-state index in [4.69, 9.17) is 0 Å². The number of carbonyl (C=O) groups excluding carboxylic acids is 1. The summed E-state index contributed by atoms with van der Waals surface area (Å²) in [6, 6.07) is 2.33. The van der Waals surface area contributed by atoms with Crippen LogP contribution in [-0.4, -0.2) is 34.1 Å². The van der Waals surface area contributed by atoms with Gasteiger partial charge in [-0.2, -0.15) is 0 Å². The van der Waals surface area contributed by atoms with Gasteiger partial charge in [0.25, 0.3) is 5.91 Å². The molecule has 1 amide bonds. The van der Waals surface area contributed by atoms with Crippen LogP contribution in [0, 0.1) is 0 Å². The Kier molecular flexibility index (Phi) is 3.55. The summed E-state index contributed by atoms with van der Waals surface area (Å²) in [5.41, 5.74) is 0. The van der Waals surface area contributed by atoms with Gasteiger partial charge < -0.3 is 10.0 Å². The van der Waals surface area contributed by atoms with Crippen LogP contribution in [0.25, 0.3) is 0 Å². The van der Waals surface area contributed by atoms with Crippen molar-refractivity contribution < 1.29 is 9.90 Å². The Labute approximate surface area is 126 Å². The van der Waals surface area contributed by atoms with E-state index in [1.54, 1.807) is 0 Å². The number of halogens is 2. The van der Waals surface area contributed by atoms with Gasteiger partial charge in [0.1, 0.15) is 0 Å². The molecule has 18 heavy (non-hydrogen) atoms. The van der Waals surface area contributed by atoms with E-state index in [1.165, 1.54) is 11.3 Å². The second-order valence-corrected chi connectivity index (χ2v) is 8.18. The average molecular weight is 395 g/mol. The van der Waals surface area contributed by atoms with Crippen LogP contribution in [0.2, 0.25) is 0 Å². The van der Waals surface area contributed by atoms with Crippen molar-refractivity contribution in [2.75, 3.05) is 0 Å². The van der Waals surface area contributed by atoms with E-state index in [2.05, 4.69) is 31.9 Å². The quantitative estimate of drug-likeness (QED) is 0.792. The van der Waals surface area contributed by atoms with Crippen molar-refractivity contribution in [3.05, 3.63) is 19.2 Å². The van der Waals surface area contributed by atoms with Gasteiger partial charge in [-0.25, -0.2) is 0 Å². The zero-order chi connectivity index (χ0) is 12.9. The molecule has 2 bridgehead atoms. The van der Waals surface area contributed by atoms with Crippen LogP contribution in [0.3, 0.4) is 0 Å². The molecule has 0 radical (unpaired) electrons. The summed E-state index contributed by atoms with van der Waals surface area (Å²) in [4.78, 5) is 15.3. The van der Waals surface area contributed by atoms with Gasteiger partial charge in [0, 0.05) is 16.6 Å². The number of hydrogen-bond donors (Lipinski definition) is 1. The fraction of sp³-hybridized carbons (Fsp3) is 0.583. The minimum absolute atomic E-state index is 0.116. The van der Waals surface area contributed by atoms with Gasteiger partial charge in [-0.15, -0.1) is 11.3 Å². The molecular formula is C12H13Br2NO2S. The molecule has 0 aromatic carbocycles. The number of aliphatic hydroxyl groups is 1. The van der Waals surface area contributed by atoms with E-state index in [0.29, 0.717) is 0 Å². The first-order valence-electron chi connectivity index (χ1n) is 6.02. The number of nitrogens with zero attached hydrogens (tertiary/aromatic N) is 1. The first-order valence-corrected chi connectivity index (χ1v) is 8.42. The van der Waals surface area contributed by atoms with E-state index >= 15 is 0 Å². The van der Waals surface area contributed by atoms with Crippen LogP contribution >= 0.6 is 43.2 Å². The predicted molar refractivity (Wildman–Crippen MR) is 77.9 cm³/mol. The number of fused-ring (bicyclic) bond motifs is 2. The molecule has 2 aliphatic heterocycles. The van der Waals surface area contributed by atoms with Gasteiger partial charge >= 0.3 is 0 Å². The molecular weight excluding hydrogens is 382 g/mol. The molecule has 1 aromatic heterocycles. The Bertz CT molecular complexity index is 457. The van der Waals surface area contributed by atoms with Gasteiger partial charge in [0.15, 0.2) is 0 Å². The molecule has 2 aliphatic rings. The molecule has 1 N–H and O–H groups in total. The van der Waals surface area contributed by atoms with E-state index in [0.717, 1.165) is 38.8 Å². The van der Waals surface area contributed by atoms with Crippen LogP contribution in [0.15, 0.2) is 14.3 Å². The lowest BCUT2D eigenvalue weighted by Crippen LogP contribution is -2.47. The normalized spacial score (nSPS) is 30.8. The first-order chi connectivity index (χ1) is 8.56. The molecule has 2 atom stereocenters. The molecule has 3 rings (SSSR count). The van der Waals surface area contributed by atoms with Crippen LogP contribution in [0.4, 0.5) is 0 Å². The smallest absolute Gasteiger partial charge is 0.264 e. The highest BCUT2D eigenvalue weighted by Crippen LogP contribution is 2.39. The minimum atomic E-state index is -0.228. The Morgan fingerprint density at radius 3 is 2.44 bits per heavy atom. The molecule has 1 aromatic rings. The van der Waals surface area contributed by atoms with Crippen molar-refractivity contribution in [3.8, 4) is 0 Å². The Morgan fingerprint density at radius 2 is 1.94 bits per heavy atom. The maximum absolute atomic E-state index is 12.5. The summed E-state index contributed by atoms with van der Waals surface area (Å²) in [6.07, 6.45) is 3.29. The van der Waals surface area contributed by atoms with E-state index in [1.807, 2.05) is 11.0 Å². The highest BCUT2D eigenvalue weighted by atomic mass is 79.9. The molecule has 2 saturated heterocycles. The number of rotatable bonds is 1. The van der Waals surface area contributed by atoms with E-state index in [9.17, 15) is 9.90 Å². The fourth-order valence-corrected chi connectivity index (χ4v) is 5.04. The third-order valence-electron chi connectivity index (χ3n) is 3.80. The minimum Gasteiger partial charge on any atom is -0.393 e. The number of amides is 1. The maximum Gasteiger partial charge on any atom is 0.264 e. The van der Waals surface area contributed by atoms with Crippen molar-refractivity contribution in [2.45, 2.75) is 43.9 Å². The van der Waals surface area contributed by atoms with Crippen LogP contribution < -0.4 is 0 Å². The van der Waals surface area contributed by atoms with Crippen molar-refractivity contribution in [3.63, 3.8) is 0 Å². The van der Waals surface area contributed by atoms with Crippen molar-refractivity contribution in [1.29, 1.82) is 0 Å². The first kappa shape index (κ1) is 13.1. The Morgan fingerprint density at radius 1 is 1.33 bits per heavy atom. The number of thiophene rings is 1. The standard InChI is InChI=1S/C12H13Br2NO2S/c13-9-5-10(18-11(9)14)12(17)15-6-1-2-7(15)4-8(16)3-6/h5-8,16H,1-4H2. The van der Waals surface area contributed by atoms with Crippen LogP contribution in [0.1, 0.15) is 35.4 Å². The molecule has 98 valence electrons. The topological polar surface area (TPSA) is 40.5 Å². The third kappa shape index (κ3) is 2.17. The van der Waals surface area contributed by atoms with Crippen molar-refractivity contribution in [2.24, 2.45) is 0 Å². The molecule has 0 aliphatic carbocycles. The zero-order valence-electron chi connectivity index (χ0n) is 9.60. The van der Waals surface area contributed by atoms with Gasteiger partial charge in [-0.3, -0.25) is 4.79 Å². The Balaban J connectivity index is 1.85. The summed E-state index contributed by atoms with van der Waals surface area (Å²) >= 11 is 8.31. The lowest BCUT2D eigenvalue weighted by atomic mass is 10.00. The fourth-order valence-electron chi connectivity index (χ4n) is 3.06. The van der Waals surface area contributed by atoms with Crippen LogP contribution in [-0.2, 0) is 0 Å². The molecule has 0 saturated carbocycles. The second kappa shape index (κ2) is 4.89. The summed E-state index contributed by atoms with van der Waals surface area (Å²) < 4.78 is 1.88. The SMILES string of the molecule is O=C(c1cc(Br)c(Br)s1)N1C2CCC1CC(O)C2. The number of hydrogen-bond acceptors (Lipinski definition) is 3. The van der Waals surface area contributed by atoms with Crippen molar-refractivity contribution >= 4 is 49.1 Å². The highest BCUT2D eigenvalue weighted by molar-refractivity contribution is 9.13. The molecule has 2 fully saturated rings.